The van der Waals surface area contributed by atoms with Crippen LogP contribution in [-0.4, -0.2) is 21.6 Å². The number of aromatic hydroxyl groups is 2. The van der Waals surface area contributed by atoms with Gasteiger partial charge in [-0.05, 0) is 32.8 Å². The number of carbonyl (C=O) groups excluding carboxylic acids is 1. The summed E-state index contributed by atoms with van der Waals surface area (Å²) in [4.78, 5) is 11.0. The molecule has 3 N–H and O–H groups in total. The van der Waals surface area contributed by atoms with Gasteiger partial charge >= 0.3 is 0 Å². The van der Waals surface area contributed by atoms with Crippen LogP contribution in [0.25, 0.3) is 0 Å². The highest BCUT2D eigenvalue weighted by molar-refractivity contribution is 5.84. The third-order valence-electron chi connectivity index (χ3n) is 2.95. The van der Waals surface area contributed by atoms with E-state index in [1.54, 1.807) is 6.92 Å². The van der Waals surface area contributed by atoms with Gasteiger partial charge in [0.05, 0.1) is 12.2 Å². The molecule has 0 aliphatic carbocycles. The molecule has 1 aromatic rings. The maximum atomic E-state index is 11.0. The summed E-state index contributed by atoms with van der Waals surface area (Å²) in [6.45, 7) is 5.01. The van der Waals surface area contributed by atoms with Gasteiger partial charge in [0.2, 0.25) is 0 Å². The summed E-state index contributed by atoms with van der Waals surface area (Å²) < 4.78 is 0. The van der Waals surface area contributed by atoms with Crippen molar-refractivity contribution < 1.29 is 20.1 Å². The number of hydrogen-bond donors (Lipinski definition) is 3. The summed E-state index contributed by atoms with van der Waals surface area (Å²) in [5, 5.41) is 29.1. The summed E-state index contributed by atoms with van der Waals surface area (Å²) in [7, 11) is 0. The number of aldehydes is 1. The Morgan fingerprint density at radius 3 is 2.22 bits per heavy atom. The first-order valence-corrected chi connectivity index (χ1v) is 5.69. The van der Waals surface area contributed by atoms with Crippen LogP contribution in [0, 0.1) is 6.92 Å². The van der Waals surface area contributed by atoms with E-state index in [1.807, 2.05) is 19.9 Å². The molecule has 0 saturated carbocycles. The number of allylic oxidation sites excluding steroid dienone is 2. The van der Waals surface area contributed by atoms with Crippen molar-refractivity contribution >= 4 is 6.29 Å². The molecule has 1 rings (SSSR count). The van der Waals surface area contributed by atoms with Crippen LogP contribution >= 0.6 is 0 Å². The molecule has 18 heavy (non-hydrogen) atoms. The van der Waals surface area contributed by atoms with Crippen molar-refractivity contribution in [3.05, 3.63) is 33.9 Å². The molecule has 0 amide bonds. The molecule has 1 aromatic carbocycles. The summed E-state index contributed by atoms with van der Waals surface area (Å²) in [5.41, 5.74) is 2.10. The normalized spacial score (nSPS) is 10.2. The van der Waals surface area contributed by atoms with Gasteiger partial charge in [-0.3, -0.25) is 4.79 Å². The van der Waals surface area contributed by atoms with Crippen molar-refractivity contribution in [2.24, 2.45) is 0 Å². The van der Waals surface area contributed by atoms with E-state index < -0.39 is 6.61 Å². The van der Waals surface area contributed by atoms with Crippen LogP contribution in [0.4, 0.5) is 0 Å². The van der Waals surface area contributed by atoms with Gasteiger partial charge in [-0.15, -0.1) is 0 Å². The maximum Gasteiger partial charge on any atom is 0.154 e. The second kappa shape index (κ2) is 5.69. The lowest BCUT2D eigenvalue weighted by Gasteiger charge is -2.15. The molecule has 0 spiro atoms. The quantitative estimate of drug-likeness (QED) is 0.435. The highest BCUT2D eigenvalue weighted by Gasteiger charge is 2.19. The zero-order valence-corrected chi connectivity index (χ0v) is 10.8. The average molecular weight is 250 g/mol. The van der Waals surface area contributed by atoms with Gasteiger partial charge in [-0.2, -0.15) is 0 Å². The largest absolute Gasteiger partial charge is 0.507 e. The summed E-state index contributed by atoms with van der Waals surface area (Å²) in [6.07, 6.45) is 2.78. The molecule has 0 atom stereocenters. The molecule has 98 valence electrons. The third kappa shape index (κ3) is 2.54. The number of phenolic OH excluding ortho intramolecular Hbond substituents is 1. The Labute approximate surface area is 106 Å². The van der Waals surface area contributed by atoms with Gasteiger partial charge in [0.25, 0.3) is 0 Å². The molecule has 0 aliphatic rings. The van der Waals surface area contributed by atoms with Crippen molar-refractivity contribution in [2.45, 2.75) is 33.8 Å². The van der Waals surface area contributed by atoms with Gasteiger partial charge in [0, 0.05) is 11.1 Å². The third-order valence-corrected chi connectivity index (χ3v) is 2.95. The highest BCUT2D eigenvalue weighted by Crippen LogP contribution is 2.36. The molecule has 0 aromatic heterocycles. The lowest BCUT2D eigenvalue weighted by atomic mass is 9.94. The fourth-order valence-electron chi connectivity index (χ4n) is 1.82. The Kier molecular flexibility index (Phi) is 4.50. The number of phenols is 2. The zero-order valence-electron chi connectivity index (χ0n) is 10.8. The summed E-state index contributed by atoms with van der Waals surface area (Å²) in [6, 6.07) is 0. The minimum atomic E-state index is -0.489. The van der Waals surface area contributed by atoms with E-state index in [0.29, 0.717) is 23.8 Å². The van der Waals surface area contributed by atoms with E-state index in [2.05, 4.69) is 0 Å². The molecule has 0 saturated heterocycles. The minimum absolute atomic E-state index is 0.0437. The molecule has 0 unspecified atom stereocenters. The number of aliphatic hydroxyl groups excluding tert-OH is 1. The van der Waals surface area contributed by atoms with Crippen molar-refractivity contribution in [2.75, 3.05) is 0 Å². The highest BCUT2D eigenvalue weighted by atomic mass is 16.3. The second-order valence-electron chi connectivity index (χ2n) is 4.45. The van der Waals surface area contributed by atoms with Gasteiger partial charge in [0.1, 0.15) is 11.5 Å². The number of carbonyl (C=O) groups is 1. The fourth-order valence-corrected chi connectivity index (χ4v) is 1.82. The Morgan fingerprint density at radius 2 is 1.78 bits per heavy atom. The minimum Gasteiger partial charge on any atom is -0.507 e. The van der Waals surface area contributed by atoms with E-state index in [-0.39, 0.29) is 22.6 Å². The van der Waals surface area contributed by atoms with Crippen LogP contribution in [0.1, 0.15) is 40.9 Å². The Morgan fingerprint density at radius 1 is 1.17 bits per heavy atom. The lowest BCUT2D eigenvalue weighted by molar-refractivity contribution is 0.111. The van der Waals surface area contributed by atoms with Gasteiger partial charge in [-0.1, -0.05) is 11.6 Å². The van der Waals surface area contributed by atoms with Gasteiger partial charge < -0.3 is 15.3 Å². The Balaban J connectivity index is 3.49. The van der Waals surface area contributed by atoms with Crippen molar-refractivity contribution in [1.29, 1.82) is 0 Å². The molecule has 0 aliphatic heterocycles. The molecular weight excluding hydrogens is 232 g/mol. The number of rotatable bonds is 4. The SMILES string of the molecule is CC(C)=CCc1c(C)c(O)c(CO)c(C=O)c1O. The molecule has 0 bridgehead atoms. The van der Waals surface area contributed by atoms with Crippen LogP contribution < -0.4 is 0 Å². The van der Waals surface area contributed by atoms with Crippen molar-refractivity contribution in [3.63, 3.8) is 0 Å². The molecule has 4 nitrogen and oxygen atoms in total. The Hall–Kier alpha value is -1.81. The fraction of sp³-hybridized carbons (Fsp3) is 0.357. The first-order chi connectivity index (χ1) is 8.43. The first kappa shape index (κ1) is 14.3. The summed E-state index contributed by atoms with van der Waals surface area (Å²) >= 11 is 0. The van der Waals surface area contributed by atoms with Crippen molar-refractivity contribution in [3.8, 4) is 11.5 Å². The summed E-state index contributed by atoms with van der Waals surface area (Å²) in [5.74, 6) is -0.295. The van der Waals surface area contributed by atoms with E-state index in [0.717, 1.165) is 5.57 Å². The Bertz CT molecular complexity index is 497. The lowest BCUT2D eigenvalue weighted by Crippen LogP contribution is -2.01. The molecule has 0 heterocycles. The van der Waals surface area contributed by atoms with Crippen LogP contribution in [0.5, 0.6) is 11.5 Å². The molecule has 4 heteroatoms. The smallest absolute Gasteiger partial charge is 0.154 e. The number of benzene rings is 1. The molecular formula is C14H18O4. The van der Waals surface area contributed by atoms with E-state index in [9.17, 15) is 15.0 Å². The van der Waals surface area contributed by atoms with Crippen LogP contribution in [0.2, 0.25) is 0 Å². The van der Waals surface area contributed by atoms with Crippen LogP contribution in [-0.2, 0) is 13.0 Å². The van der Waals surface area contributed by atoms with E-state index in [1.165, 1.54) is 0 Å². The first-order valence-electron chi connectivity index (χ1n) is 5.69. The van der Waals surface area contributed by atoms with E-state index >= 15 is 0 Å². The van der Waals surface area contributed by atoms with Gasteiger partial charge in [-0.25, -0.2) is 0 Å². The molecule has 0 radical (unpaired) electrons. The second-order valence-corrected chi connectivity index (χ2v) is 4.45. The van der Waals surface area contributed by atoms with Crippen LogP contribution in [0.3, 0.4) is 0 Å². The number of hydrogen-bond acceptors (Lipinski definition) is 4. The number of aliphatic hydroxyl groups is 1. The average Bonchev–Trinajstić information content (AvgIpc) is 2.32. The molecule has 0 fully saturated rings. The van der Waals surface area contributed by atoms with Crippen molar-refractivity contribution in [1.82, 2.24) is 0 Å². The van der Waals surface area contributed by atoms with Crippen LogP contribution in [0.15, 0.2) is 11.6 Å². The predicted molar refractivity (Wildman–Crippen MR) is 69.0 cm³/mol. The topological polar surface area (TPSA) is 77.8 Å². The monoisotopic (exact) mass is 250 g/mol. The maximum absolute atomic E-state index is 11.0. The predicted octanol–water partition coefficient (Wildman–Crippen LogP) is 2.22. The van der Waals surface area contributed by atoms with E-state index in [4.69, 9.17) is 5.11 Å². The van der Waals surface area contributed by atoms with Gasteiger partial charge in [0.15, 0.2) is 6.29 Å². The standard InChI is InChI=1S/C14H18O4/c1-8(2)4-5-10-9(3)13(17)11(6-15)12(7-16)14(10)18/h4,7,15,17-18H,5-6H2,1-3H3. The zero-order chi connectivity index (χ0) is 13.9.